The molecule has 0 unspecified atom stereocenters. The fraction of sp³-hybridized carbons (Fsp3) is 0.364. The maximum absolute atomic E-state index is 11.4. The van der Waals surface area contributed by atoms with Gasteiger partial charge < -0.3 is 10.1 Å². The van der Waals surface area contributed by atoms with Crippen LogP contribution in [0, 0.1) is 0 Å². The van der Waals surface area contributed by atoms with Crippen LogP contribution in [0.3, 0.4) is 0 Å². The van der Waals surface area contributed by atoms with Crippen molar-refractivity contribution in [2.45, 2.75) is 20.0 Å². The Kier molecular flexibility index (Phi) is 4.43. The molecule has 1 rings (SSSR count). The number of hydrogen-bond acceptors (Lipinski definition) is 2. The topological polar surface area (TPSA) is 38.3 Å². The molecule has 0 saturated heterocycles. The van der Waals surface area contributed by atoms with Crippen LogP contribution in [-0.2, 0) is 4.79 Å². The molecule has 82 valence electrons. The summed E-state index contributed by atoms with van der Waals surface area (Å²) in [5, 5.41) is 3.33. The van der Waals surface area contributed by atoms with Gasteiger partial charge in [-0.2, -0.15) is 0 Å². The molecule has 0 bridgehead atoms. The molecule has 1 N–H and O–H groups in total. The third kappa shape index (κ3) is 3.80. The molecule has 0 spiro atoms. The monoisotopic (exact) mass is 227 g/mol. The predicted octanol–water partition coefficient (Wildman–Crippen LogP) is 2.24. The Morgan fingerprint density at radius 2 is 2.07 bits per heavy atom. The second kappa shape index (κ2) is 5.61. The molecule has 0 radical (unpaired) electrons. The summed E-state index contributed by atoms with van der Waals surface area (Å²) in [6, 6.07) is 6.92. The van der Waals surface area contributed by atoms with Gasteiger partial charge in [-0.15, -0.1) is 0 Å². The fourth-order valence-electron chi connectivity index (χ4n) is 1.09. The van der Waals surface area contributed by atoms with Crippen LogP contribution >= 0.6 is 11.6 Å². The lowest BCUT2D eigenvalue weighted by molar-refractivity contribution is -0.127. The first kappa shape index (κ1) is 11.9. The van der Waals surface area contributed by atoms with E-state index in [2.05, 4.69) is 5.32 Å². The number of benzene rings is 1. The molecule has 1 aromatic carbocycles. The summed E-state index contributed by atoms with van der Waals surface area (Å²) in [5.41, 5.74) is 0. The zero-order valence-corrected chi connectivity index (χ0v) is 9.54. The number of halogens is 1. The molecule has 0 fully saturated rings. The standard InChI is InChI=1S/C11H14ClNO2/c1-3-13-11(14)8(2)15-10-6-4-9(12)5-7-10/h4-8H,3H2,1-2H3,(H,13,14)/t8-/m1/s1. The largest absolute Gasteiger partial charge is 0.481 e. The molecule has 0 aliphatic carbocycles. The first-order valence-corrected chi connectivity index (χ1v) is 5.21. The number of likely N-dealkylation sites (N-methyl/N-ethyl adjacent to an activating group) is 1. The van der Waals surface area contributed by atoms with Gasteiger partial charge in [0.05, 0.1) is 0 Å². The van der Waals surface area contributed by atoms with E-state index < -0.39 is 6.10 Å². The van der Waals surface area contributed by atoms with Gasteiger partial charge in [0.2, 0.25) is 0 Å². The molecule has 1 aromatic rings. The summed E-state index contributed by atoms with van der Waals surface area (Å²) in [5.74, 6) is 0.519. The van der Waals surface area contributed by atoms with Crippen molar-refractivity contribution in [3.8, 4) is 5.75 Å². The smallest absolute Gasteiger partial charge is 0.260 e. The van der Waals surface area contributed by atoms with Crippen LogP contribution in [0.25, 0.3) is 0 Å². The molecule has 1 amide bonds. The van der Waals surface area contributed by atoms with Gasteiger partial charge in [0.1, 0.15) is 5.75 Å². The zero-order valence-electron chi connectivity index (χ0n) is 8.79. The summed E-state index contributed by atoms with van der Waals surface area (Å²) in [4.78, 5) is 11.4. The summed E-state index contributed by atoms with van der Waals surface area (Å²) in [7, 11) is 0. The molecule has 0 aliphatic rings. The van der Waals surface area contributed by atoms with Gasteiger partial charge in [-0.1, -0.05) is 11.6 Å². The fourth-order valence-corrected chi connectivity index (χ4v) is 1.21. The first-order chi connectivity index (χ1) is 7.13. The van der Waals surface area contributed by atoms with E-state index in [1.54, 1.807) is 31.2 Å². The SMILES string of the molecule is CCNC(=O)[C@@H](C)Oc1ccc(Cl)cc1. The number of amides is 1. The van der Waals surface area contributed by atoms with E-state index in [4.69, 9.17) is 16.3 Å². The maximum Gasteiger partial charge on any atom is 0.260 e. The number of carbonyl (C=O) groups is 1. The van der Waals surface area contributed by atoms with E-state index in [9.17, 15) is 4.79 Å². The number of ether oxygens (including phenoxy) is 1. The lowest BCUT2D eigenvalue weighted by Crippen LogP contribution is -2.36. The van der Waals surface area contributed by atoms with Crippen molar-refractivity contribution in [2.24, 2.45) is 0 Å². The Balaban J connectivity index is 2.54. The van der Waals surface area contributed by atoms with Crippen LogP contribution in [0.15, 0.2) is 24.3 Å². The van der Waals surface area contributed by atoms with Crippen LogP contribution < -0.4 is 10.1 Å². The minimum absolute atomic E-state index is 0.118. The highest BCUT2D eigenvalue weighted by Crippen LogP contribution is 2.16. The number of rotatable bonds is 4. The van der Waals surface area contributed by atoms with Gasteiger partial charge in [0.25, 0.3) is 5.91 Å². The Bertz CT molecular complexity index is 324. The third-order valence-corrected chi connectivity index (χ3v) is 2.10. The Morgan fingerprint density at radius 1 is 1.47 bits per heavy atom. The van der Waals surface area contributed by atoms with Crippen LogP contribution in [0.5, 0.6) is 5.75 Å². The van der Waals surface area contributed by atoms with Crippen LogP contribution in [0.1, 0.15) is 13.8 Å². The average Bonchev–Trinajstić information content (AvgIpc) is 2.22. The van der Waals surface area contributed by atoms with E-state index in [0.29, 0.717) is 17.3 Å². The van der Waals surface area contributed by atoms with E-state index >= 15 is 0 Å². The molecule has 1 atom stereocenters. The van der Waals surface area contributed by atoms with Crippen molar-refractivity contribution in [2.75, 3.05) is 6.54 Å². The van der Waals surface area contributed by atoms with Gasteiger partial charge in [-0.3, -0.25) is 4.79 Å². The highest BCUT2D eigenvalue weighted by molar-refractivity contribution is 6.30. The van der Waals surface area contributed by atoms with Crippen molar-refractivity contribution in [1.29, 1.82) is 0 Å². The van der Waals surface area contributed by atoms with Crippen molar-refractivity contribution >= 4 is 17.5 Å². The lowest BCUT2D eigenvalue weighted by atomic mass is 10.3. The minimum atomic E-state index is -0.494. The van der Waals surface area contributed by atoms with Gasteiger partial charge >= 0.3 is 0 Å². The predicted molar refractivity (Wildman–Crippen MR) is 60.2 cm³/mol. The molecular weight excluding hydrogens is 214 g/mol. The molecule has 0 aromatic heterocycles. The van der Waals surface area contributed by atoms with Gasteiger partial charge in [-0.05, 0) is 38.1 Å². The van der Waals surface area contributed by atoms with Crippen LogP contribution in [-0.4, -0.2) is 18.6 Å². The van der Waals surface area contributed by atoms with Crippen molar-refractivity contribution in [3.63, 3.8) is 0 Å². The van der Waals surface area contributed by atoms with Crippen molar-refractivity contribution in [3.05, 3.63) is 29.3 Å². The quantitative estimate of drug-likeness (QED) is 0.857. The average molecular weight is 228 g/mol. The number of carbonyl (C=O) groups excluding carboxylic acids is 1. The van der Waals surface area contributed by atoms with E-state index in [1.807, 2.05) is 6.92 Å². The molecule has 4 heteroatoms. The second-order valence-electron chi connectivity index (χ2n) is 3.11. The van der Waals surface area contributed by atoms with E-state index in [0.717, 1.165) is 0 Å². The molecule has 0 aliphatic heterocycles. The van der Waals surface area contributed by atoms with Gasteiger partial charge in [-0.25, -0.2) is 0 Å². The van der Waals surface area contributed by atoms with Gasteiger partial charge in [0.15, 0.2) is 6.10 Å². The summed E-state index contributed by atoms with van der Waals surface area (Å²) in [6.45, 7) is 4.18. The molecular formula is C11H14ClNO2. The maximum atomic E-state index is 11.4. The highest BCUT2D eigenvalue weighted by Gasteiger charge is 2.12. The Morgan fingerprint density at radius 3 is 2.60 bits per heavy atom. The third-order valence-electron chi connectivity index (χ3n) is 1.85. The van der Waals surface area contributed by atoms with Crippen molar-refractivity contribution < 1.29 is 9.53 Å². The van der Waals surface area contributed by atoms with Crippen LogP contribution in [0.2, 0.25) is 5.02 Å². The summed E-state index contributed by atoms with van der Waals surface area (Å²) < 4.78 is 5.41. The number of hydrogen-bond donors (Lipinski definition) is 1. The van der Waals surface area contributed by atoms with Crippen molar-refractivity contribution in [1.82, 2.24) is 5.32 Å². The Hall–Kier alpha value is -1.22. The van der Waals surface area contributed by atoms with Crippen LogP contribution in [0.4, 0.5) is 0 Å². The van der Waals surface area contributed by atoms with Gasteiger partial charge in [0, 0.05) is 11.6 Å². The number of nitrogens with one attached hydrogen (secondary N) is 1. The minimum Gasteiger partial charge on any atom is -0.481 e. The highest BCUT2D eigenvalue weighted by atomic mass is 35.5. The summed E-state index contributed by atoms with van der Waals surface area (Å²) >= 11 is 5.73. The zero-order chi connectivity index (χ0) is 11.3. The first-order valence-electron chi connectivity index (χ1n) is 4.83. The van der Waals surface area contributed by atoms with E-state index in [-0.39, 0.29) is 5.91 Å². The van der Waals surface area contributed by atoms with E-state index in [1.165, 1.54) is 0 Å². The Labute approximate surface area is 94.4 Å². The molecule has 3 nitrogen and oxygen atoms in total. The lowest BCUT2D eigenvalue weighted by Gasteiger charge is -2.13. The molecule has 0 heterocycles. The summed E-state index contributed by atoms with van der Waals surface area (Å²) in [6.07, 6.45) is -0.494. The normalized spacial score (nSPS) is 11.9. The molecule has 0 saturated carbocycles. The molecule has 15 heavy (non-hydrogen) atoms. The second-order valence-corrected chi connectivity index (χ2v) is 3.55.